The molecule has 0 fully saturated rings. The Morgan fingerprint density at radius 2 is 1.48 bits per heavy atom. The van der Waals surface area contributed by atoms with Crippen LogP contribution in [0.3, 0.4) is 0 Å². The molecule has 0 aliphatic carbocycles. The fraction of sp³-hybridized carbons (Fsp3) is 0.0870. The normalized spacial score (nSPS) is 10.6. The van der Waals surface area contributed by atoms with Crippen LogP contribution in [0.5, 0.6) is 11.5 Å². The van der Waals surface area contributed by atoms with Crippen LogP contribution in [0.4, 0.5) is 0 Å². The summed E-state index contributed by atoms with van der Waals surface area (Å²) < 4.78 is 5.87. The van der Waals surface area contributed by atoms with Crippen LogP contribution < -0.4 is 10.3 Å². The molecule has 1 aromatic heterocycles. The summed E-state index contributed by atoms with van der Waals surface area (Å²) in [5, 5.41) is 8.79. The van der Waals surface area contributed by atoms with Crippen LogP contribution in [0.2, 0.25) is 0 Å². The Bertz CT molecular complexity index is 1130. The molecule has 5 nitrogen and oxygen atoms in total. The predicted molar refractivity (Wildman–Crippen MR) is 114 cm³/mol. The molecule has 1 N–H and O–H groups in total. The zero-order chi connectivity index (χ0) is 19.9. The number of nitrogens with one attached hydrogen (secondary N) is 1. The quantitative estimate of drug-likeness (QED) is 0.449. The summed E-state index contributed by atoms with van der Waals surface area (Å²) in [5.41, 5.74) is 2.31. The van der Waals surface area contributed by atoms with Gasteiger partial charge in [0, 0.05) is 12.2 Å². The van der Waals surface area contributed by atoms with Gasteiger partial charge in [-0.1, -0.05) is 72.4 Å². The lowest BCUT2D eigenvalue weighted by Gasteiger charge is -2.07. The number of H-pyrrole nitrogens is 1. The number of rotatable bonds is 7. The zero-order valence-electron chi connectivity index (χ0n) is 15.6. The highest BCUT2D eigenvalue weighted by Gasteiger charge is 2.07. The third kappa shape index (κ3) is 5.33. The topological polar surface area (TPSA) is 67.9 Å². The Balaban J connectivity index is 1.39. The third-order valence-corrected chi connectivity index (χ3v) is 5.15. The lowest BCUT2D eigenvalue weighted by atomic mass is 10.1. The second-order valence-corrected chi connectivity index (χ2v) is 7.38. The monoisotopic (exact) mass is 401 g/mol. The van der Waals surface area contributed by atoms with E-state index in [4.69, 9.17) is 4.74 Å². The van der Waals surface area contributed by atoms with Gasteiger partial charge in [-0.3, -0.25) is 9.78 Å². The van der Waals surface area contributed by atoms with Crippen LogP contribution in [0, 0.1) is 0 Å². The molecule has 1 heterocycles. The van der Waals surface area contributed by atoms with Gasteiger partial charge in [0.2, 0.25) is 0 Å². The van der Waals surface area contributed by atoms with Gasteiger partial charge in [0.15, 0.2) is 5.16 Å². The molecule has 29 heavy (non-hydrogen) atoms. The summed E-state index contributed by atoms with van der Waals surface area (Å²) >= 11 is 1.43. The molecule has 0 atom stereocenters. The lowest BCUT2D eigenvalue weighted by molar-refractivity contribution is 0.482. The third-order valence-electron chi connectivity index (χ3n) is 4.21. The van der Waals surface area contributed by atoms with Crippen LogP contribution in [0.1, 0.15) is 16.8 Å². The molecule has 4 aromatic rings. The summed E-state index contributed by atoms with van der Waals surface area (Å²) in [7, 11) is 0. The Labute approximate surface area is 172 Å². The van der Waals surface area contributed by atoms with Crippen LogP contribution in [-0.4, -0.2) is 15.2 Å². The smallest absolute Gasteiger partial charge is 0.273 e. The van der Waals surface area contributed by atoms with Gasteiger partial charge in [0.1, 0.15) is 17.2 Å². The summed E-state index contributed by atoms with van der Waals surface area (Å²) in [5.74, 6) is 2.21. The molecule has 3 aromatic carbocycles. The minimum atomic E-state index is -0.201. The van der Waals surface area contributed by atoms with Crippen molar-refractivity contribution in [1.29, 1.82) is 0 Å². The standard InChI is InChI=1S/C23H19N3O2S/c27-22-21(15-17-8-3-1-4-9-17)25-26-23(24-22)29-16-18-10-7-13-20(14-18)28-19-11-5-2-6-12-19/h1-14H,15-16H2,(H,24,26,27). The maximum absolute atomic E-state index is 12.3. The first kappa shape index (κ1) is 19.0. The van der Waals surface area contributed by atoms with Crippen LogP contribution >= 0.6 is 11.8 Å². The SMILES string of the molecule is O=c1[nH]c(SCc2cccc(Oc3ccccc3)c2)nnc1Cc1ccccc1. The predicted octanol–water partition coefficient (Wildman–Crippen LogP) is 4.84. The number of nitrogens with zero attached hydrogens (tertiary/aromatic N) is 2. The molecule has 0 saturated carbocycles. The molecule has 0 amide bonds. The van der Waals surface area contributed by atoms with Crippen LogP contribution in [0.25, 0.3) is 0 Å². The van der Waals surface area contributed by atoms with Crippen molar-refractivity contribution in [2.75, 3.05) is 0 Å². The van der Waals surface area contributed by atoms with E-state index in [1.807, 2.05) is 84.9 Å². The Morgan fingerprint density at radius 1 is 0.793 bits per heavy atom. The van der Waals surface area contributed by atoms with Crippen LogP contribution in [-0.2, 0) is 12.2 Å². The summed E-state index contributed by atoms with van der Waals surface area (Å²) in [4.78, 5) is 15.1. The van der Waals surface area contributed by atoms with E-state index < -0.39 is 0 Å². The second kappa shape index (κ2) is 9.21. The largest absolute Gasteiger partial charge is 0.457 e. The van der Waals surface area contributed by atoms with Gasteiger partial charge in [-0.2, -0.15) is 0 Å². The first-order valence-electron chi connectivity index (χ1n) is 9.21. The van der Waals surface area contributed by atoms with Gasteiger partial charge < -0.3 is 4.74 Å². The molecular formula is C23H19N3O2S. The average molecular weight is 401 g/mol. The molecular weight excluding hydrogens is 382 g/mol. The molecule has 0 aliphatic rings. The van der Waals surface area contributed by atoms with E-state index in [1.54, 1.807) is 0 Å². The number of hydrogen-bond acceptors (Lipinski definition) is 5. The van der Waals surface area contributed by atoms with Crippen molar-refractivity contribution < 1.29 is 4.74 Å². The molecule has 4 rings (SSSR count). The average Bonchev–Trinajstić information content (AvgIpc) is 2.76. The number of hydrogen-bond donors (Lipinski definition) is 1. The molecule has 0 saturated heterocycles. The number of aromatic amines is 1. The molecule has 0 aliphatic heterocycles. The number of benzene rings is 3. The van der Waals surface area contributed by atoms with Crippen molar-refractivity contribution in [1.82, 2.24) is 15.2 Å². The first-order valence-corrected chi connectivity index (χ1v) is 10.2. The van der Waals surface area contributed by atoms with Crippen molar-refractivity contribution in [2.45, 2.75) is 17.3 Å². The van der Waals surface area contributed by atoms with E-state index in [0.29, 0.717) is 23.0 Å². The number of para-hydroxylation sites is 1. The molecule has 0 radical (unpaired) electrons. The molecule has 0 bridgehead atoms. The highest BCUT2D eigenvalue weighted by molar-refractivity contribution is 7.98. The van der Waals surface area contributed by atoms with Crippen molar-refractivity contribution in [3.8, 4) is 11.5 Å². The molecule has 6 heteroatoms. The maximum atomic E-state index is 12.3. The van der Waals surface area contributed by atoms with Gasteiger partial charge >= 0.3 is 0 Å². The van der Waals surface area contributed by atoms with Gasteiger partial charge in [-0.25, -0.2) is 0 Å². The second-order valence-electron chi connectivity index (χ2n) is 6.42. The fourth-order valence-electron chi connectivity index (χ4n) is 2.79. The van der Waals surface area contributed by atoms with E-state index in [-0.39, 0.29) is 5.56 Å². The summed E-state index contributed by atoms with van der Waals surface area (Å²) in [6.45, 7) is 0. The highest BCUT2D eigenvalue weighted by Crippen LogP contribution is 2.25. The highest BCUT2D eigenvalue weighted by atomic mass is 32.2. The summed E-state index contributed by atoms with van der Waals surface area (Å²) in [6, 6.07) is 27.3. The van der Waals surface area contributed by atoms with Crippen molar-refractivity contribution in [3.05, 3.63) is 112 Å². The Kier molecular flexibility index (Phi) is 6.02. The fourth-order valence-corrected chi connectivity index (χ4v) is 3.54. The Hall–Kier alpha value is -3.38. The van der Waals surface area contributed by atoms with Crippen molar-refractivity contribution in [2.24, 2.45) is 0 Å². The van der Waals surface area contributed by atoms with E-state index >= 15 is 0 Å². The van der Waals surface area contributed by atoms with Gasteiger partial charge in [-0.05, 0) is 35.4 Å². The number of ether oxygens (including phenoxy) is 1. The van der Waals surface area contributed by atoms with Gasteiger partial charge in [-0.15, -0.1) is 10.2 Å². The minimum Gasteiger partial charge on any atom is -0.457 e. The lowest BCUT2D eigenvalue weighted by Crippen LogP contribution is -2.17. The zero-order valence-corrected chi connectivity index (χ0v) is 16.4. The molecule has 0 unspecified atom stereocenters. The van der Waals surface area contributed by atoms with E-state index in [1.165, 1.54) is 11.8 Å². The summed E-state index contributed by atoms with van der Waals surface area (Å²) in [6.07, 6.45) is 0.465. The van der Waals surface area contributed by atoms with Gasteiger partial charge in [0.25, 0.3) is 5.56 Å². The minimum absolute atomic E-state index is 0.201. The van der Waals surface area contributed by atoms with E-state index in [0.717, 1.165) is 22.6 Å². The first-order chi connectivity index (χ1) is 14.3. The molecule has 0 spiro atoms. The number of thioether (sulfide) groups is 1. The van der Waals surface area contributed by atoms with E-state index in [2.05, 4.69) is 15.2 Å². The number of aromatic nitrogens is 3. The van der Waals surface area contributed by atoms with E-state index in [9.17, 15) is 4.79 Å². The molecule has 144 valence electrons. The Morgan fingerprint density at radius 3 is 2.24 bits per heavy atom. The maximum Gasteiger partial charge on any atom is 0.273 e. The van der Waals surface area contributed by atoms with Crippen molar-refractivity contribution >= 4 is 11.8 Å². The van der Waals surface area contributed by atoms with Gasteiger partial charge in [0.05, 0.1) is 0 Å². The van der Waals surface area contributed by atoms with Crippen LogP contribution in [0.15, 0.2) is 94.9 Å². The van der Waals surface area contributed by atoms with Crippen molar-refractivity contribution in [3.63, 3.8) is 0 Å².